The lowest BCUT2D eigenvalue weighted by Crippen LogP contribution is -2.44. The maximum absolute atomic E-state index is 12.7. The topological polar surface area (TPSA) is 111 Å². The number of nitrogens with zero attached hydrogens (tertiary/aromatic N) is 1. The third kappa shape index (κ3) is 48.2. The van der Waals surface area contributed by atoms with E-state index in [-0.39, 0.29) is 32.2 Å². The first-order chi connectivity index (χ1) is 31.1. The zero-order valence-corrected chi connectivity index (χ0v) is 43.2. The molecule has 0 amide bonds. The lowest BCUT2D eigenvalue weighted by Gasteiger charge is -2.26. The van der Waals surface area contributed by atoms with Gasteiger partial charge < -0.3 is 33.3 Å². The predicted octanol–water partition coefficient (Wildman–Crippen LogP) is 14.3. The van der Waals surface area contributed by atoms with Gasteiger partial charge in [-0.2, -0.15) is 0 Å². The fourth-order valence-electron chi connectivity index (χ4n) is 8.30. The highest BCUT2D eigenvalue weighted by Crippen LogP contribution is 2.18. The van der Waals surface area contributed by atoms with Gasteiger partial charge in [0.1, 0.15) is 13.2 Å². The number of likely N-dealkylation sites (N-methyl/N-ethyl adjacent to an activating group) is 1. The van der Waals surface area contributed by atoms with Gasteiger partial charge in [-0.15, -0.1) is 0 Å². The van der Waals surface area contributed by atoms with Crippen molar-refractivity contribution in [2.45, 2.75) is 289 Å². The van der Waals surface area contributed by atoms with Crippen molar-refractivity contribution in [3.63, 3.8) is 0 Å². The van der Waals surface area contributed by atoms with E-state index in [0.29, 0.717) is 17.4 Å². The van der Waals surface area contributed by atoms with Crippen molar-refractivity contribution < 1.29 is 42.9 Å². The standard InChI is InChI=1S/C55H107NO8/c1-6-8-10-12-14-15-16-17-18-19-20-21-22-23-24-25-26-27-28-29-30-31-32-33-34-35-36-37-38-39-40-42-44-46-53(58)64-51(49-62-52(57)45-43-41-13-11-9-7-2)50-63-55(54(59)60)61-48-47-56(3,4)5/h51,55H,6-50H2,1-5H3. The van der Waals surface area contributed by atoms with Crippen molar-refractivity contribution in [2.24, 2.45) is 0 Å². The van der Waals surface area contributed by atoms with Crippen LogP contribution in [0.25, 0.3) is 0 Å². The number of carbonyl (C=O) groups is 3. The Kier molecular flexibility index (Phi) is 46.5. The van der Waals surface area contributed by atoms with Crippen molar-refractivity contribution in [3.05, 3.63) is 0 Å². The quantitative estimate of drug-likeness (QED) is 0.0257. The van der Waals surface area contributed by atoms with Gasteiger partial charge in [-0.25, -0.2) is 0 Å². The summed E-state index contributed by atoms with van der Waals surface area (Å²) in [5, 5.41) is 11.7. The molecule has 0 aliphatic rings. The van der Waals surface area contributed by atoms with Gasteiger partial charge >= 0.3 is 11.9 Å². The van der Waals surface area contributed by atoms with E-state index in [9.17, 15) is 19.5 Å². The van der Waals surface area contributed by atoms with E-state index >= 15 is 0 Å². The number of hydrogen-bond acceptors (Lipinski definition) is 8. The number of rotatable bonds is 52. The molecule has 0 bridgehead atoms. The Bertz CT molecular complexity index is 1020. The Balaban J connectivity index is 3.85. The zero-order valence-electron chi connectivity index (χ0n) is 43.2. The van der Waals surface area contributed by atoms with Crippen LogP contribution in [-0.4, -0.2) is 82.3 Å². The van der Waals surface area contributed by atoms with Crippen molar-refractivity contribution in [1.82, 2.24) is 0 Å². The molecule has 0 aliphatic carbocycles. The van der Waals surface area contributed by atoms with Gasteiger partial charge in [0.25, 0.3) is 0 Å². The number of quaternary nitrogens is 1. The van der Waals surface area contributed by atoms with Crippen molar-refractivity contribution in [1.29, 1.82) is 0 Å². The minimum absolute atomic E-state index is 0.152. The molecule has 0 spiro atoms. The minimum Gasteiger partial charge on any atom is -0.545 e. The molecular formula is C55H107NO8. The molecule has 0 saturated carbocycles. The summed E-state index contributed by atoms with van der Waals surface area (Å²) in [6.07, 6.45) is 49.3. The van der Waals surface area contributed by atoms with Crippen LogP contribution in [0.2, 0.25) is 0 Å². The smallest absolute Gasteiger partial charge is 0.306 e. The highest BCUT2D eigenvalue weighted by atomic mass is 16.7. The summed E-state index contributed by atoms with van der Waals surface area (Å²) in [5.41, 5.74) is 0. The lowest BCUT2D eigenvalue weighted by atomic mass is 10.0. The van der Waals surface area contributed by atoms with Crippen LogP contribution in [0.3, 0.4) is 0 Å². The number of carboxylic acid groups (broad SMARTS) is 1. The van der Waals surface area contributed by atoms with Gasteiger partial charge in [0, 0.05) is 12.8 Å². The summed E-state index contributed by atoms with van der Waals surface area (Å²) in [6.45, 7) is 4.72. The second-order valence-electron chi connectivity index (χ2n) is 20.2. The van der Waals surface area contributed by atoms with Gasteiger partial charge in [0.15, 0.2) is 12.4 Å². The SMILES string of the molecule is CCCCCCCCCCCCCCCCCCCCCCCCCCCCCCCCCCCC(=O)OC(COC(=O)CCCCCCCC)COC(OCC[N+](C)(C)C)C(=O)[O-]. The second-order valence-corrected chi connectivity index (χ2v) is 20.2. The van der Waals surface area contributed by atoms with E-state index in [2.05, 4.69) is 13.8 Å². The Morgan fingerprint density at radius 1 is 0.406 bits per heavy atom. The fraction of sp³-hybridized carbons (Fsp3) is 0.945. The number of aliphatic carboxylic acids is 1. The number of carboxylic acids is 1. The number of esters is 2. The average Bonchev–Trinajstić information content (AvgIpc) is 3.26. The predicted molar refractivity (Wildman–Crippen MR) is 265 cm³/mol. The number of unbranched alkanes of at least 4 members (excludes halogenated alkanes) is 37. The molecule has 2 atom stereocenters. The number of ether oxygens (including phenoxy) is 4. The summed E-state index contributed by atoms with van der Waals surface area (Å²) < 4.78 is 22.5. The van der Waals surface area contributed by atoms with Gasteiger partial charge in [-0.1, -0.05) is 251 Å². The second kappa shape index (κ2) is 47.8. The molecule has 0 fully saturated rings. The van der Waals surface area contributed by atoms with Crippen LogP contribution in [0.4, 0.5) is 0 Å². The average molecular weight is 910 g/mol. The maximum atomic E-state index is 12.7. The number of carbonyl (C=O) groups excluding carboxylic acids is 3. The Morgan fingerprint density at radius 3 is 1.00 bits per heavy atom. The van der Waals surface area contributed by atoms with Gasteiger partial charge in [-0.05, 0) is 12.8 Å². The normalized spacial score (nSPS) is 12.7. The molecule has 0 rings (SSSR count). The molecule has 0 N–H and O–H groups in total. The molecule has 9 heteroatoms. The first-order valence-electron chi connectivity index (χ1n) is 27.7. The van der Waals surface area contributed by atoms with E-state index < -0.39 is 24.3 Å². The molecule has 0 aliphatic heterocycles. The molecule has 0 heterocycles. The molecule has 64 heavy (non-hydrogen) atoms. The molecule has 0 aromatic rings. The van der Waals surface area contributed by atoms with Crippen molar-refractivity contribution in [3.8, 4) is 0 Å². The van der Waals surface area contributed by atoms with Gasteiger partial charge in [0.05, 0.1) is 40.3 Å². The van der Waals surface area contributed by atoms with Crippen LogP contribution < -0.4 is 5.11 Å². The minimum atomic E-state index is -1.61. The highest BCUT2D eigenvalue weighted by Gasteiger charge is 2.22. The van der Waals surface area contributed by atoms with E-state index in [1.54, 1.807) is 0 Å². The Labute approximate surface area is 396 Å². The van der Waals surface area contributed by atoms with Crippen LogP contribution in [0, 0.1) is 0 Å². The first kappa shape index (κ1) is 62.3. The van der Waals surface area contributed by atoms with Gasteiger partial charge in [0.2, 0.25) is 0 Å². The van der Waals surface area contributed by atoms with Crippen LogP contribution >= 0.6 is 0 Å². The molecular weight excluding hydrogens is 803 g/mol. The molecule has 380 valence electrons. The van der Waals surface area contributed by atoms with Crippen molar-refractivity contribution >= 4 is 17.9 Å². The summed E-state index contributed by atoms with van der Waals surface area (Å²) in [7, 11) is 5.91. The van der Waals surface area contributed by atoms with Gasteiger partial charge in [-0.3, -0.25) is 9.59 Å². The highest BCUT2D eigenvalue weighted by molar-refractivity contribution is 5.70. The third-order valence-corrected chi connectivity index (χ3v) is 12.6. The summed E-state index contributed by atoms with van der Waals surface area (Å²) in [5.74, 6) is -2.27. The molecule has 0 aromatic heterocycles. The molecule has 9 nitrogen and oxygen atoms in total. The van der Waals surface area contributed by atoms with Crippen molar-refractivity contribution in [2.75, 3.05) is 47.5 Å². The Hall–Kier alpha value is -1.71. The van der Waals surface area contributed by atoms with Crippen LogP contribution in [0.1, 0.15) is 277 Å². The number of hydrogen-bond donors (Lipinski definition) is 0. The molecule has 0 saturated heterocycles. The van der Waals surface area contributed by atoms with E-state index in [1.807, 2.05) is 21.1 Å². The fourth-order valence-corrected chi connectivity index (χ4v) is 8.30. The molecule has 2 unspecified atom stereocenters. The van der Waals surface area contributed by atoms with E-state index in [1.165, 1.54) is 205 Å². The zero-order chi connectivity index (χ0) is 47.0. The monoisotopic (exact) mass is 910 g/mol. The van der Waals surface area contributed by atoms with Crippen LogP contribution in [-0.2, 0) is 33.3 Å². The van der Waals surface area contributed by atoms with E-state index in [0.717, 1.165) is 44.9 Å². The Morgan fingerprint density at radius 2 is 0.703 bits per heavy atom. The molecule has 0 radical (unpaired) electrons. The lowest BCUT2D eigenvalue weighted by molar-refractivity contribution is -0.870. The van der Waals surface area contributed by atoms with E-state index in [4.69, 9.17) is 18.9 Å². The summed E-state index contributed by atoms with van der Waals surface area (Å²) in [4.78, 5) is 36.8. The molecule has 0 aromatic carbocycles. The van der Waals surface area contributed by atoms with Crippen LogP contribution in [0.15, 0.2) is 0 Å². The third-order valence-electron chi connectivity index (χ3n) is 12.6. The first-order valence-corrected chi connectivity index (χ1v) is 27.7. The maximum Gasteiger partial charge on any atom is 0.306 e. The van der Waals surface area contributed by atoms with Crippen LogP contribution in [0.5, 0.6) is 0 Å². The summed E-state index contributed by atoms with van der Waals surface area (Å²) >= 11 is 0. The summed E-state index contributed by atoms with van der Waals surface area (Å²) in [6, 6.07) is 0. The largest absolute Gasteiger partial charge is 0.545 e.